The van der Waals surface area contributed by atoms with Gasteiger partial charge in [0.05, 0.1) is 0 Å². The van der Waals surface area contributed by atoms with E-state index in [0.717, 1.165) is 22.3 Å². The van der Waals surface area contributed by atoms with Gasteiger partial charge in [-0.05, 0) is 40.0 Å². The summed E-state index contributed by atoms with van der Waals surface area (Å²) in [5.74, 6) is -1.66. The Morgan fingerprint density at radius 1 is 0.941 bits per heavy atom. The summed E-state index contributed by atoms with van der Waals surface area (Å²) in [5.41, 5.74) is 3.79. The number of amides is 2. The molecule has 2 atom stereocenters. The number of fused-ring (bicyclic) bond motifs is 3. The molecule has 0 saturated heterocycles. The van der Waals surface area contributed by atoms with Crippen LogP contribution in [0.5, 0.6) is 0 Å². The predicted octanol–water partition coefficient (Wildman–Crippen LogP) is 4.56. The fourth-order valence-electron chi connectivity index (χ4n) is 4.38. The summed E-state index contributed by atoms with van der Waals surface area (Å²) in [5, 5.41) is 14.7. The van der Waals surface area contributed by atoms with Crippen molar-refractivity contribution in [2.45, 2.75) is 59.0 Å². The van der Waals surface area contributed by atoms with E-state index in [0.29, 0.717) is 6.42 Å². The van der Waals surface area contributed by atoms with Gasteiger partial charge >= 0.3 is 12.1 Å². The molecule has 3 N–H and O–H groups in total. The molecule has 0 radical (unpaired) electrons. The van der Waals surface area contributed by atoms with Crippen LogP contribution < -0.4 is 10.6 Å². The molecule has 2 amide bonds. The van der Waals surface area contributed by atoms with E-state index in [9.17, 15) is 19.5 Å². The zero-order valence-electron chi connectivity index (χ0n) is 20.4. The molecule has 1 unspecified atom stereocenters. The lowest BCUT2D eigenvalue weighted by atomic mass is 9.86. The molecule has 182 valence electrons. The Balaban J connectivity index is 1.69. The van der Waals surface area contributed by atoms with Crippen molar-refractivity contribution >= 4 is 18.0 Å². The van der Waals surface area contributed by atoms with Crippen molar-refractivity contribution in [3.05, 3.63) is 59.7 Å². The Labute approximate surface area is 200 Å². The summed E-state index contributed by atoms with van der Waals surface area (Å²) in [6.07, 6.45) is -0.421. The van der Waals surface area contributed by atoms with Crippen LogP contribution in [-0.4, -0.2) is 41.8 Å². The minimum atomic E-state index is -1.10. The second-order valence-corrected chi connectivity index (χ2v) is 10.3. The summed E-state index contributed by atoms with van der Waals surface area (Å²) in [6, 6.07) is 14.1. The Morgan fingerprint density at radius 2 is 1.47 bits per heavy atom. The van der Waals surface area contributed by atoms with Gasteiger partial charge in [0.25, 0.3) is 0 Å². The van der Waals surface area contributed by atoms with Crippen LogP contribution in [0.15, 0.2) is 48.5 Å². The maximum absolute atomic E-state index is 13.0. The van der Waals surface area contributed by atoms with Crippen LogP contribution in [0.1, 0.15) is 58.1 Å². The number of aliphatic carboxylic acids is 1. The van der Waals surface area contributed by atoms with Gasteiger partial charge in [0.15, 0.2) is 0 Å². The average molecular weight is 467 g/mol. The molecule has 7 nitrogen and oxygen atoms in total. The Bertz CT molecular complexity index is 1010. The first-order valence-electron chi connectivity index (χ1n) is 11.6. The van der Waals surface area contributed by atoms with Crippen LogP contribution in [0.25, 0.3) is 11.1 Å². The molecular weight excluding hydrogens is 432 g/mol. The fraction of sp³-hybridized carbons (Fsp3) is 0.444. The van der Waals surface area contributed by atoms with Gasteiger partial charge in [0, 0.05) is 5.92 Å². The molecule has 0 aromatic heterocycles. The minimum Gasteiger partial charge on any atom is -0.480 e. The molecule has 1 aliphatic rings. The quantitative estimate of drug-likeness (QED) is 0.529. The predicted molar refractivity (Wildman–Crippen MR) is 130 cm³/mol. The highest BCUT2D eigenvalue weighted by molar-refractivity contribution is 5.90. The Hall–Kier alpha value is -3.35. The van der Waals surface area contributed by atoms with Gasteiger partial charge in [0.2, 0.25) is 5.91 Å². The van der Waals surface area contributed by atoms with Crippen LogP contribution in [0, 0.1) is 11.3 Å². The number of carboxylic acid groups (broad SMARTS) is 1. The third kappa shape index (κ3) is 5.76. The van der Waals surface area contributed by atoms with E-state index in [1.807, 2.05) is 50.2 Å². The van der Waals surface area contributed by atoms with E-state index in [1.54, 1.807) is 20.8 Å². The van der Waals surface area contributed by atoms with E-state index in [4.69, 9.17) is 4.74 Å². The zero-order chi connectivity index (χ0) is 25.0. The summed E-state index contributed by atoms with van der Waals surface area (Å²) < 4.78 is 5.59. The van der Waals surface area contributed by atoms with Crippen molar-refractivity contribution in [2.24, 2.45) is 11.3 Å². The molecule has 1 aliphatic carbocycles. The van der Waals surface area contributed by atoms with E-state index >= 15 is 0 Å². The SMILES string of the molecule is CC(C)C[C@H](NC(=O)C(NC(=O)OCC1c2ccccc2-c2ccccc21)C(C)(C)C)C(=O)O. The maximum Gasteiger partial charge on any atom is 0.407 e. The molecule has 2 aromatic rings. The van der Waals surface area contributed by atoms with Crippen molar-refractivity contribution in [3.63, 3.8) is 0 Å². The summed E-state index contributed by atoms with van der Waals surface area (Å²) >= 11 is 0. The minimum absolute atomic E-state index is 0.0876. The Morgan fingerprint density at radius 3 is 1.94 bits per heavy atom. The van der Waals surface area contributed by atoms with E-state index < -0.39 is 35.5 Å². The third-order valence-corrected chi connectivity index (χ3v) is 6.06. The van der Waals surface area contributed by atoms with Crippen LogP contribution in [-0.2, 0) is 14.3 Å². The molecule has 0 saturated carbocycles. The van der Waals surface area contributed by atoms with Gasteiger partial charge in [-0.2, -0.15) is 0 Å². The summed E-state index contributed by atoms with van der Waals surface area (Å²) in [7, 11) is 0. The highest BCUT2D eigenvalue weighted by atomic mass is 16.5. The first kappa shape index (κ1) is 25.3. The number of benzene rings is 2. The second-order valence-electron chi connectivity index (χ2n) is 10.3. The standard InChI is InChI=1S/C27H34N2O5/c1-16(2)14-22(25(31)32)28-24(30)23(27(3,4)5)29-26(33)34-15-21-19-12-8-6-10-17(19)18-11-7-9-13-20(18)21/h6-13,16,21-23H,14-15H2,1-5H3,(H,28,30)(H,29,33)(H,31,32)/t22-,23?/m0/s1. The lowest BCUT2D eigenvalue weighted by molar-refractivity contribution is -0.143. The average Bonchev–Trinajstić information content (AvgIpc) is 3.08. The lowest BCUT2D eigenvalue weighted by Crippen LogP contribution is -2.56. The topological polar surface area (TPSA) is 105 Å². The number of rotatable bonds is 8. The molecular formula is C27H34N2O5. The first-order chi connectivity index (χ1) is 16.0. The van der Waals surface area contributed by atoms with Gasteiger partial charge in [-0.15, -0.1) is 0 Å². The normalized spacial score (nSPS) is 14.6. The van der Waals surface area contributed by atoms with Crippen LogP contribution in [0.2, 0.25) is 0 Å². The van der Waals surface area contributed by atoms with Crippen LogP contribution in [0.3, 0.4) is 0 Å². The van der Waals surface area contributed by atoms with Gasteiger partial charge in [-0.25, -0.2) is 9.59 Å². The van der Waals surface area contributed by atoms with Crippen molar-refractivity contribution in [3.8, 4) is 11.1 Å². The number of hydrogen-bond donors (Lipinski definition) is 3. The van der Waals surface area contributed by atoms with Crippen molar-refractivity contribution in [1.82, 2.24) is 10.6 Å². The number of carboxylic acids is 1. The van der Waals surface area contributed by atoms with E-state index in [1.165, 1.54) is 0 Å². The molecule has 7 heteroatoms. The summed E-state index contributed by atoms with van der Waals surface area (Å²) in [4.78, 5) is 37.3. The van der Waals surface area contributed by atoms with E-state index in [-0.39, 0.29) is 18.4 Å². The third-order valence-electron chi connectivity index (χ3n) is 6.06. The highest BCUT2D eigenvalue weighted by Gasteiger charge is 2.36. The molecule has 0 aliphatic heterocycles. The first-order valence-corrected chi connectivity index (χ1v) is 11.6. The number of hydrogen-bond acceptors (Lipinski definition) is 4. The maximum atomic E-state index is 13.0. The van der Waals surface area contributed by atoms with Crippen molar-refractivity contribution in [2.75, 3.05) is 6.61 Å². The molecule has 34 heavy (non-hydrogen) atoms. The number of ether oxygens (including phenoxy) is 1. The number of carbonyl (C=O) groups excluding carboxylic acids is 2. The molecule has 0 heterocycles. The van der Waals surface area contributed by atoms with Crippen molar-refractivity contribution < 1.29 is 24.2 Å². The highest BCUT2D eigenvalue weighted by Crippen LogP contribution is 2.44. The number of carbonyl (C=O) groups is 3. The lowest BCUT2D eigenvalue weighted by Gasteiger charge is -2.31. The molecule has 3 rings (SSSR count). The van der Waals surface area contributed by atoms with Gasteiger partial charge in [-0.3, -0.25) is 4.79 Å². The monoisotopic (exact) mass is 466 g/mol. The molecule has 0 bridgehead atoms. The van der Waals surface area contributed by atoms with Crippen molar-refractivity contribution in [1.29, 1.82) is 0 Å². The molecule has 0 spiro atoms. The Kier molecular flexibility index (Phi) is 7.64. The summed E-state index contributed by atoms with van der Waals surface area (Å²) in [6.45, 7) is 9.32. The van der Waals surface area contributed by atoms with Gasteiger partial charge < -0.3 is 20.5 Å². The number of nitrogens with one attached hydrogen (secondary N) is 2. The number of alkyl carbamates (subject to hydrolysis) is 1. The van der Waals surface area contributed by atoms with Gasteiger partial charge in [-0.1, -0.05) is 83.1 Å². The van der Waals surface area contributed by atoms with E-state index in [2.05, 4.69) is 22.8 Å². The molecule has 2 aromatic carbocycles. The zero-order valence-corrected chi connectivity index (χ0v) is 20.4. The largest absolute Gasteiger partial charge is 0.480 e. The molecule has 0 fully saturated rings. The van der Waals surface area contributed by atoms with Crippen LogP contribution in [0.4, 0.5) is 4.79 Å². The second kappa shape index (κ2) is 10.3. The fourth-order valence-corrected chi connectivity index (χ4v) is 4.38. The smallest absolute Gasteiger partial charge is 0.407 e. The van der Waals surface area contributed by atoms with Crippen LogP contribution >= 0.6 is 0 Å². The van der Waals surface area contributed by atoms with Gasteiger partial charge in [0.1, 0.15) is 18.7 Å².